The summed E-state index contributed by atoms with van der Waals surface area (Å²) in [6.07, 6.45) is 0.531. The largest absolute Gasteiger partial charge is 0.373 e. The van der Waals surface area contributed by atoms with Crippen molar-refractivity contribution in [1.29, 1.82) is 0 Å². The maximum Gasteiger partial charge on any atom is 0.240 e. The second-order valence-electron chi connectivity index (χ2n) is 5.10. The highest BCUT2D eigenvalue weighted by atomic mass is 16.1. The molecule has 1 heterocycles. The van der Waals surface area contributed by atoms with Crippen LogP contribution in [0.2, 0.25) is 0 Å². The molecule has 0 aliphatic heterocycles. The lowest BCUT2D eigenvalue weighted by atomic mass is 10.0. The van der Waals surface area contributed by atoms with Crippen molar-refractivity contribution in [2.75, 3.05) is 5.32 Å². The van der Waals surface area contributed by atoms with E-state index in [9.17, 15) is 4.79 Å². The SMILES string of the molecule is NC(=O)[C@H](Cc1ccccc1)Nc1ccc(-c2nn[nH]n2)cc1. The third-order valence-electron chi connectivity index (χ3n) is 3.46. The molecule has 4 N–H and O–H groups in total. The number of tetrazole rings is 1. The van der Waals surface area contributed by atoms with E-state index in [0.717, 1.165) is 16.8 Å². The molecule has 116 valence electrons. The molecule has 0 aliphatic rings. The number of anilines is 1. The average molecular weight is 308 g/mol. The fraction of sp³-hybridized carbons (Fsp3) is 0.125. The maximum atomic E-state index is 11.7. The number of nitrogens with zero attached hydrogens (tertiary/aromatic N) is 3. The van der Waals surface area contributed by atoms with E-state index in [2.05, 4.69) is 25.9 Å². The van der Waals surface area contributed by atoms with E-state index in [-0.39, 0.29) is 0 Å². The van der Waals surface area contributed by atoms with Crippen molar-refractivity contribution in [3.63, 3.8) is 0 Å². The predicted octanol–water partition coefficient (Wildman–Crippen LogP) is 1.38. The summed E-state index contributed by atoms with van der Waals surface area (Å²) in [6.45, 7) is 0. The van der Waals surface area contributed by atoms with Gasteiger partial charge < -0.3 is 11.1 Å². The van der Waals surface area contributed by atoms with Crippen LogP contribution in [0.1, 0.15) is 5.56 Å². The molecule has 1 amide bonds. The molecule has 0 fully saturated rings. The van der Waals surface area contributed by atoms with Crippen molar-refractivity contribution in [1.82, 2.24) is 20.6 Å². The molecule has 7 heteroatoms. The minimum Gasteiger partial charge on any atom is -0.373 e. The Balaban J connectivity index is 1.71. The molecule has 0 saturated heterocycles. The van der Waals surface area contributed by atoms with Gasteiger partial charge in [0.2, 0.25) is 11.7 Å². The highest BCUT2D eigenvalue weighted by Gasteiger charge is 2.15. The van der Waals surface area contributed by atoms with Crippen LogP contribution in [-0.4, -0.2) is 32.6 Å². The van der Waals surface area contributed by atoms with Gasteiger partial charge in [-0.25, -0.2) is 0 Å². The molecule has 0 bridgehead atoms. The summed E-state index contributed by atoms with van der Waals surface area (Å²) >= 11 is 0. The molecule has 0 radical (unpaired) electrons. The number of nitrogens with two attached hydrogens (primary N) is 1. The van der Waals surface area contributed by atoms with Crippen LogP contribution in [0.3, 0.4) is 0 Å². The number of benzene rings is 2. The molecule has 7 nitrogen and oxygen atoms in total. The standard InChI is InChI=1S/C16H16N6O/c17-15(23)14(10-11-4-2-1-3-5-11)18-13-8-6-12(7-9-13)16-19-21-22-20-16/h1-9,14,18H,10H2,(H2,17,23)(H,19,20,21,22)/t14-/m0/s1. The van der Waals surface area contributed by atoms with Crippen molar-refractivity contribution in [3.05, 3.63) is 60.2 Å². The van der Waals surface area contributed by atoms with Crippen molar-refractivity contribution < 1.29 is 4.79 Å². The number of primary amides is 1. The monoisotopic (exact) mass is 308 g/mol. The third-order valence-corrected chi connectivity index (χ3v) is 3.46. The van der Waals surface area contributed by atoms with E-state index < -0.39 is 11.9 Å². The van der Waals surface area contributed by atoms with Gasteiger partial charge in [0.25, 0.3) is 0 Å². The minimum atomic E-state index is -0.478. The molecule has 3 rings (SSSR count). The van der Waals surface area contributed by atoms with Crippen molar-refractivity contribution >= 4 is 11.6 Å². The lowest BCUT2D eigenvalue weighted by Crippen LogP contribution is -2.37. The predicted molar refractivity (Wildman–Crippen MR) is 86.4 cm³/mol. The minimum absolute atomic E-state index is 0.393. The molecule has 0 spiro atoms. The number of carbonyl (C=O) groups is 1. The van der Waals surface area contributed by atoms with Gasteiger partial charge in [-0.1, -0.05) is 30.3 Å². The van der Waals surface area contributed by atoms with Crippen molar-refractivity contribution in [3.8, 4) is 11.4 Å². The van der Waals surface area contributed by atoms with Crippen LogP contribution < -0.4 is 11.1 Å². The molecule has 1 atom stereocenters. The van der Waals surface area contributed by atoms with Gasteiger partial charge in [0.15, 0.2) is 0 Å². The zero-order chi connectivity index (χ0) is 16.1. The Morgan fingerprint density at radius 2 is 1.87 bits per heavy atom. The Hall–Kier alpha value is -3.22. The van der Waals surface area contributed by atoms with Gasteiger partial charge in [-0.2, -0.15) is 5.21 Å². The van der Waals surface area contributed by atoms with Crippen LogP contribution in [0.4, 0.5) is 5.69 Å². The normalized spacial score (nSPS) is 11.8. The molecule has 0 unspecified atom stereocenters. The summed E-state index contributed by atoms with van der Waals surface area (Å²) in [7, 11) is 0. The first-order chi connectivity index (χ1) is 11.2. The van der Waals surface area contributed by atoms with Gasteiger partial charge >= 0.3 is 0 Å². The molecule has 1 aromatic heterocycles. The van der Waals surface area contributed by atoms with Gasteiger partial charge in [-0.05, 0) is 35.0 Å². The Labute approximate surface area is 132 Å². The smallest absolute Gasteiger partial charge is 0.240 e. The zero-order valence-corrected chi connectivity index (χ0v) is 12.3. The number of hydrogen-bond acceptors (Lipinski definition) is 5. The number of nitrogens with one attached hydrogen (secondary N) is 2. The Morgan fingerprint density at radius 3 is 2.48 bits per heavy atom. The topological polar surface area (TPSA) is 110 Å². The number of amides is 1. The number of hydrogen-bond donors (Lipinski definition) is 3. The maximum absolute atomic E-state index is 11.7. The lowest BCUT2D eigenvalue weighted by molar-refractivity contribution is -0.118. The number of rotatable bonds is 6. The second-order valence-corrected chi connectivity index (χ2v) is 5.10. The molecular weight excluding hydrogens is 292 g/mol. The number of aromatic amines is 1. The van der Waals surface area contributed by atoms with Gasteiger partial charge in [-0.15, -0.1) is 10.2 Å². The van der Waals surface area contributed by atoms with Crippen molar-refractivity contribution in [2.45, 2.75) is 12.5 Å². The highest BCUT2D eigenvalue weighted by molar-refractivity contribution is 5.83. The molecule has 0 saturated carbocycles. The third kappa shape index (κ3) is 3.70. The molecule has 0 aliphatic carbocycles. The highest BCUT2D eigenvalue weighted by Crippen LogP contribution is 2.18. The lowest BCUT2D eigenvalue weighted by Gasteiger charge is -2.17. The van der Waals surface area contributed by atoms with Crippen LogP contribution >= 0.6 is 0 Å². The molecule has 23 heavy (non-hydrogen) atoms. The summed E-state index contributed by atoms with van der Waals surface area (Å²) < 4.78 is 0. The Morgan fingerprint density at radius 1 is 1.13 bits per heavy atom. The number of aromatic nitrogens is 4. The summed E-state index contributed by atoms with van der Waals surface area (Å²) in [6, 6.07) is 16.7. The van der Waals surface area contributed by atoms with Crippen LogP contribution in [-0.2, 0) is 11.2 Å². The zero-order valence-electron chi connectivity index (χ0n) is 12.3. The Kier molecular flexibility index (Phi) is 4.28. The van der Waals surface area contributed by atoms with E-state index in [4.69, 9.17) is 5.73 Å². The summed E-state index contributed by atoms with van der Waals surface area (Å²) in [5.74, 6) is 0.128. The van der Waals surface area contributed by atoms with E-state index >= 15 is 0 Å². The van der Waals surface area contributed by atoms with Gasteiger partial charge in [-0.3, -0.25) is 4.79 Å². The van der Waals surface area contributed by atoms with Gasteiger partial charge in [0, 0.05) is 17.7 Å². The van der Waals surface area contributed by atoms with Crippen LogP contribution in [0.15, 0.2) is 54.6 Å². The number of H-pyrrole nitrogens is 1. The average Bonchev–Trinajstić information content (AvgIpc) is 3.10. The molecule has 2 aromatic carbocycles. The van der Waals surface area contributed by atoms with E-state index in [1.807, 2.05) is 54.6 Å². The fourth-order valence-electron chi connectivity index (χ4n) is 2.27. The molecular formula is C16H16N6O. The fourth-order valence-corrected chi connectivity index (χ4v) is 2.27. The van der Waals surface area contributed by atoms with E-state index in [0.29, 0.717) is 12.2 Å². The first-order valence-corrected chi connectivity index (χ1v) is 7.16. The van der Waals surface area contributed by atoms with Crippen LogP contribution in [0, 0.1) is 0 Å². The van der Waals surface area contributed by atoms with Crippen LogP contribution in [0.5, 0.6) is 0 Å². The summed E-state index contributed by atoms with van der Waals surface area (Å²) in [5, 5.41) is 16.9. The second kappa shape index (κ2) is 6.69. The molecule has 3 aromatic rings. The summed E-state index contributed by atoms with van der Waals surface area (Å²) in [5.41, 5.74) is 8.19. The quantitative estimate of drug-likeness (QED) is 0.637. The van der Waals surface area contributed by atoms with Crippen molar-refractivity contribution in [2.24, 2.45) is 5.73 Å². The first kappa shape index (κ1) is 14.7. The van der Waals surface area contributed by atoms with Gasteiger partial charge in [0.05, 0.1) is 0 Å². The Bertz CT molecular complexity index is 755. The summed E-state index contributed by atoms with van der Waals surface area (Å²) in [4.78, 5) is 11.7. The first-order valence-electron chi connectivity index (χ1n) is 7.16. The van der Waals surface area contributed by atoms with Crippen LogP contribution in [0.25, 0.3) is 11.4 Å². The van der Waals surface area contributed by atoms with Gasteiger partial charge in [0.1, 0.15) is 6.04 Å². The van der Waals surface area contributed by atoms with E-state index in [1.54, 1.807) is 0 Å². The van der Waals surface area contributed by atoms with E-state index in [1.165, 1.54) is 0 Å². The number of carbonyl (C=O) groups excluding carboxylic acids is 1.